The SMILES string of the molecule is COc1cc(/N=N/c2cccc(S(=O)(=O)[O-])c2)ccc1N.[Na+]. The number of anilines is 1. The minimum atomic E-state index is -4.51. The second kappa shape index (κ2) is 7.70. The first-order valence-corrected chi connectivity index (χ1v) is 7.22. The van der Waals surface area contributed by atoms with Gasteiger partial charge in [0.2, 0.25) is 0 Å². The monoisotopic (exact) mass is 329 g/mol. The van der Waals surface area contributed by atoms with Gasteiger partial charge < -0.3 is 15.0 Å². The number of ether oxygens (including phenoxy) is 1. The van der Waals surface area contributed by atoms with E-state index in [1.807, 2.05) is 0 Å². The van der Waals surface area contributed by atoms with Gasteiger partial charge >= 0.3 is 29.6 Å². The molecule has 0 amide bonds. The summed E-state index contributed by atoms with van der Waals surface area (Å²) in [5, 5.41) is 7.82. The summed E-state index contributed by atoms with van der Waals surface area (Å²) in [6, 6.07) is 10.2. The Bertz CT molecular complexity index is 794. The van der Waals surface area contributed by atoms with Crippen LogP contribution in [0, 0.1) is 0 Å². The number of azo groups is 1. The van der Waals surface area contributed by atoms with Gasteiger partial charge in [-0.05, 0) is 30.3 Å². The second-order valence-corrected chi connectivity index (χ2v) is 5.46. The van der Waals surface area contributed by atoms with Crippen molar-refractivity contribution in [2.24, 2.45) is 10.2 Å². The molecule has 0 aromatic heterocycles. The van der Waals surface area contributed by atoms with E-state index in [1.165, 1.54) is 25.3 Å². The van der Waals surface area contributed by atoms with Crippen molar-refractivity contribution in [2.45, 2.75) is 4.90 Å². The van der Waals surface area contributed by atoms with Crippen LogP contribution in [0.3, 0.4) is 0 Å². The van der Waals surface area contributed by atoms with Gasteiger partial charge in [-0.25, -0.2) is 8.42 Å². The van der Waals surface area contributed by atoms with Gasteiger partial charge in [-0.15, -0.1) is 0 Å². The number of methoxy groups -OCH3 is 1. The number of nitrogens with zero attached hydrogens (tertiary/aromatic N) is 2. The Morgan fingerprint density at radius 2 is 1.73 bits per heavy atom. The van der Waals surface area contributed by atoms with E-state index in [9.17, 15) is 13.0 Å². The molecule has 110 valence electrons. The van der Waals surface area contributed by atoms with Crippen LogP contribution in [-0.4, -0.2) is 20.1 Å². The minimum absolute atomic E-state index is 0. The summed E-state index contributed by atoms with van der Waals surface area (Å²) in [5.74, 6) is 0.460. The number of rotatable bonds is 4. The Morgan fingerprint density at radius 3 is 2.32 bits per heavy atom. The molecule has 0 radical (unpaired) electrons. The van der Waals surface area contributed by atoms with Crippen LogP contribution in [0.2, 0.25) is 0 Å². The van der Waals surface area contributed by atoms with Crippen LogP contribution in [0.5, 0.6) is 5.75 Å². The van der Waals surface area contributed by atoms with Crippen molar-refractivity contribution in [2.75, 3.05) is 12.8 Å². The van der Waals surface area contributed by atoms with Gasteiger partial charge in [0.05, 0.1) is 29.1 Å². The van der Waals surface area contributed by atoms with Crippen LogP contribution >= 0.6 is 0 Å². The van der Waals surface area contributed by atoms with Crippen LogP contribution < -0.4 is 40.0 Å². The smallest absolute Gasteiger partial charge is 0.744 e. The fraction of sp³-hybridized carbons (Fsp3) is 0.0769. The van der Waals surface area contributed by atoms with Crippen LogP contribution in [-0.2, 0) is 10.1 Å². The quantitative estimate of drug-likeness (QED) is 0.354. The number of nitrogens with two attached hydrogens (primary N) is 1. The van der Waals surface area contributed by atoms with Crippen molar-refractivity contribution in [1.82, 2.24) is 0 Å². The predicted molar refractivity (Wildman–Crippen MR) is 76.0 cm³/mol. The van der Waals surface area contributed by atoms with E-state index in [1.54, 1.807) is 18.2 Å². The van der Waals surface area contributed by atoms with Crippen molar-refractivity contribution in [3.05, 3.63) is 42.5 Å². The molecule has 0 spiro atoms. The Balaban J connectivity index is 0.00000242. The standard InChI is InChI=1S/C13H13N3O4S.Na/c1-20-13-8-10(5-6-12(13)14)16-15-9-3-2-4-11(7-9)21(17,18)19;/h2-8H,14H2,1H3,(H,17,18,19);/q;+1/p-1/b16-15+;. The molecule has 0 saturated carbocycles. The second-order valence-electron chi connectivity index (χ2n) is 4.08. The summed E-state index contributed by atoms with van der Waals surface area (Å²) in [6.07, 6.45) is 0. The summed E-state index contributed by atoms with van der Waals surface area (Å²) < 4.78 is 37.8. The molecule has 2 aromatic carbocycles. The molecule has 2 N–H and O–H groups in total. The fourth-order valence-corrected chi connectivity index (χ4v) is 2.09. The van der Waals surface area contributed by atoms with E-state index in [0.717, 1.165) is 6.07 Å². The van der Waals surface area contributed by atoms with Gasteiger partial charge in [-0.3, -0.25) is 0 Å². The van der Waals surface area contributed by atoms with E-state index in [-0.39, 0.29) is 40.1 Å². The summed E-state index contributed by atoms with van der Waals surface area (Å²) in [4.78, 5) is -0.353. The largest absolute Gasteiger partial charge is 1.00 e. The zero-order valence-electron chi connectivity index (χ0n) is 12.1. The average molecular weight is 329 g/mol. The maximum absolute atomic E-state index is 10.9. The molecule has 2 rings (SSSR count). The van der Waals surface area contributed by atoms with Crippen molar-refractivity contribution in [1.29, 1.82) is 0 Å². The molecule has 0 fully saturated rings. The van der Waals surface area contributed by atoms with Crippen LogP contribution in [0.1, 0.15) is 0 Å². The molecule has 0 atom stereocenters. The molecule has 0 aliphatic rings. The van der Waals surface area contributed by atoms with Crippen molar-refractivity contribution in [3.8, 4) is 5.75 Å². The van der Waals surface area contributed by atoms with Gasteiger partial charge in [0, 0.05) is 6.07 Å². The molecule has 0 bridgehead atoms. The van der Waals surface area contributed by atoms with Gasteiger partial charge in [0.1, 0.15) is 15.9 Å². The maximum Gasteiger partial charge on any atom is 1.00 e. The van der Waals surface area contributed by atoms with Gasteiger partial charge in [-0.2, -0.15) is 10.2 Å². The average Bonchev–Trinajstić information content (AvgIpc) is 2.46. The molecular formula is C13H12N3NaO4S. The molecule has 0 heterocycles. The number of hydrogen-bond donors (Lipinski definition) is 1. The van der Waals surface area contributed by atoms with E-state index < -0.39 is 10.1 Å². The van der Waals surface area contributed by atoms with Crippen molar-refractivity contribution in [3.63, 3.8) is 0 Å². The summed E-state index contributed by atoms with van der Waals surface area (Å²) in [5.41, 5.74) is 6.88. The Morgan fingerprint density at radius 1 is 1.09 bits per heavy atom. The third kappa shape index (κ3) is 4.79. The number of hydrogen-bond acceptors (Lipinski definition) is 7. The first kappa shape index (κ1) is 18.6. The Kier molecular flexibility index (Phi) is 6.51. The molecule has 0 aliphatic carbocycles. The first-order chi connectivity index (χ1) is 9.90. The zero-order chi connectivity index (χ0) is 15.5. The molecule has 7 nitrogen and oxygen atoms in total. The summed E-state index contributed by atoms with van der Waals surface area (Å²) >= 11 is 0. The van der Waals surface area contributed by atoms with E-state index in [4.69, 9.17) is 10.5 Å². The van der Waals surface area contributed by atoms with Crippen LogP contribution in [0.15, 0.2) is 57.6 Å². The van der Waals surface area contributed by atoms with Crippen molar-refractivity contribution < 1.29 is 47.3 Å². The van der Waals surface area contributed by atoms with Crippen molar-refractivity contribution >= 4 is 27.2 Å². The van der Waals surface area contributed by atoms with Gasteiger partial charge in [0.15, 0.2) is 0 Å². The van der Waals surface area contributed by atoms with E-state index in [2.05, 4.69) is 10.2 Å². The number of benzene rings is 2. The van der Waals surface area contributed by atoms with Gasteiger partial charge in [0.25, 0.3) is 0 Å². The predicted octanol–water partition coefficient (Wildman–Crippen LogP) is -0.399. The normalized spacial score (nSPS) is 11.2. The topological polar surface area (TPSA) is 117 Å². The first-order valence-electron chi connectivity index (χ1n) is 5.81. The maximum atomic E-state index is 10.9. The summed E-state index contributed by atoms with van der Waals surface area (Å²) in [6.45, 7) is 0. The molecule has 0 unspecified atom stereocenters. The van der Waals surface area contributed by atoms with Crippen LogP contribution in [0.25, 0.3) is 0 Å². The molecule has 9 heteroatoms. The van der Waals surface area contributed by atoms with E-state index >= 15 is 0 Å². The number of nitrogen functional groups attached to an aromatic ring is 1. The zero-order valence-corrected chi connectivity index (χ0v) is 14.9. The third-order valence-electron chi connectivity index (χ3n) is 2.60. The van der Waals surface area contributed by atoms with Gasteiger partial charge in [-0.1, -0.05) is 6.07 Å². The molecule has 2 aromatic rings. The minimum Gasteiger partial charge on any atom is -0.744 e. The molecule has 22 heavy (non-hydrogen) atoms. The van der Waals surface area contributed by atoms with Crippen LogP contribution in [0.4, 0.5) is 17.1 Å². The summed E-state index contributed by atoms with van der Waals surface area (Å²) in [7, 11) is -3.03. The van der Waals surface area contributed by atoms with E-state index in [0.29, 0.717) is 17.1 Å². The molecule has 0 saturated heterocycles. The Hall–Kier alpha value is -1.45. The Labute approximate surface area is 150 Å². The molecular weight excluding hydrogens is 317 g/mol. The third-order valence-corrected chi connectivity index (χ3v) is 3.44. The fourth-order valence-electron chi connectivity index (χ4n) is 1.58. The molecule has 0 aliphatic heterocycles.